The maximum Gasteiger partial charge on any atom is 0.417 e. The molecule has 0 radical (unpaired) electrons. The van der Waals surface area contributed by atoms with Gasteiger partial charge in [0.15, 0.2) is 0 Å². The van der Waals surface area contributed by atoms with Gasteiger partial charge in [-0.1, -0.05) is 17.7 Å². The van der Waals surface area contributed by atoms with Crippen LogP contribution in [0.15, 0.2) is 36.4 Å². The standard InChI is InChI=1S/C17H13ClF3N5O/c18-13-3-2-10(6-12(13)17(19,20)21)26(8-27)7-9-1-4-14-11(5-9)15(22)25-16(23)24-14/h1-6,8H,7H2,(H4,22,23,24,25). The van der Waals surface area contributed by atoms with Gasteiger partial charge in [0, 0.05) is 11.1 Å². The van der Waals surface area contributed by atoms with E-state index in [2.05, 4.69) is 9.97 Å². The van der Waals surface area contributed by atoms with E-state index in [9.17, 15) is 18.0 Å². The van der Waals surface area contributed by atoms with Crippen LogP contribution in [-0.4, -0.2) is 16.4 Å². The number of rotatable bonds is 4. The third-order valence-corrected chi connectivity index (χ3v) is 4.20. The first-order chi connectivity index (χ1) is 12.7. The predicted octanol–water partition coefficient (Wildman–Crippen LogP) is 3.63. The van der Waals surface area contributed by atoms with E-state index in [-0.39, 0.29) is 24.0 Å². The second-order valence-corrected chi connectivity index (χ2v) is 6.12. The normalized spacial score (nSPS) is 11.6. The summed E-state index contributed by atoms with van der Waals surface area (Å²) in [6.45, 7) is 0.0161. The van der Waals surface area contributed by atoms with Crippen LogP contribution < -0.4 is 16.4 Å². The number of hydrogen-bond acceptors (Lipinski definition) is 5. The Balaban J connectivity index is 1.96. The third-order valence-electron chi connectivity index (χ3n) is 3.87. The van der Waals surface area contributed by atoms with Crippen molar-refractivity contribution in [2.24, 2.45) is 0 Å². The summed E-state index contributed by atoms with van der Waals surface area (Å²) >= 11 is 5.62. The summed E-state index contributed by atoms with van der Waals surface area (Å²) in [6.07, 6.45) is -4.19. The van der Waals surface area contributed by atoms with Crippen LogP contribution in [0.5, 0.6) is 0 Å². The minimum atomic E-state index is -4.63. The van der Waals surface area contributed by atoms with Crippen LogP contribution in [0.3, 0.4) is 0 Å². The van der Waals surface area contributed by atoms with E-state index < -0.39 is 16.8 Å². The molecule has 10 heteroatoms. The van der Waals surface area contributed by atoms with Gasteiger partial charge < -0.3 is 16.4 Å². The second kappa shape index (κ2) is 6.92. The summed E-state index contributed by atoms with van der Waals surface area (Å²) in [6, 6.07) is 8.24. The van der Waals surface area contributed by atoms with Gasteiger partial charge in [-0.25, -0.2) is 4.98 Å². The van der Waals surface area contributed by atoms with Gasteiger partial charge in [-0.15, -0.1) is 0 Å². The number of nitrogens with two attached hydrogens (primary N) is 2. The van der Waals surface area contributed by atoms with Gasteiger partial charge >= 0.3 is 6.18 Å². The lowest BCUT2D eigenvalue weighted by Gasteiger charge is -2.20. The summed E-state index contributed by atoms with van der Waals surface area (Å²) in [5, 5.41) is 0.0879. The highest BCUT2D eigenvalue weighted by Crippen LogP contribution is 2.37. The Kier molecular flexibility index (Phi) is 4.79. The monoisotopic (exact) mass is 395 g/mol. The van der Waals surface area contributed by atoms with E-state index in [4.69, 9.17) is 23.1 Å². The maximum absolute atomic E-state index is 13.0. The number of fused-ring (bicyclic) bond motifs is 1. The fraction of sp³-hybridized carbons (Fsp3) is 0.118. The minimum absolute atomic E-state index is 0.0161. The number of anilines is 3. The summed E-state index contributed by atoms with van der Waals surface area (Å²) in [4.78, 5) is 20.5. The highest BCUT2D eigenvalue weighted by Gasteiger charge is 2.33. The number of nitrogen functional groups attached to an aromatic ring is 2. The molecule has 1 heterocycles. The van der Waals surface area contributed by atoms with Crippen molar-refractivity contribution in [1.82, 2.24) is 9.97 Å². The predicted molar refractivity (Wildman–Crippen MR) is 97.1 cm³/mol. The van der Waals surface area contributed by atoms with E-state index in [1.54, 1.807) is 18.2 Å². The molecule has 3 aromatic rings. The number of carbonyl (C=O) groups excluding carboxylic acids is 1. The van der Waals surface area contributed by atoms with E-state index in [1.165, 1.54) is 6.07 Å². The largest absolute Gasteiger partial charge is 0.417 e. The summed E-state index contributed by atoms with van der Waals surface area (Å²) < 4.78 is 39.1. The molecule has 4 N–H and O–H groups in total. The number of carbonyl (C=O) groups is 1. The van der Waals surface area contributed by atoms with Crippen LogP contribution in [-0.2, 0) is 17.5 Å². The first-order valence-corrected chi connectivity index (χ1v) is 7.97. The molecule has 0 saturated carbocycles. The highest BCUT2D eigenvalue weighted by molar-refractivity contribution is 6.31. The molecule has 0 aliphatic carbocycles. The van der Waals surface area contributed by atoms with Crippen molar-refractivity contribution in [1.29, 1.82) is 0 Å². The van der Waals surface area contributed by atoms with E-state index >= 15 is 0 Å². The summed E-state index contributed by atoms with van der Waals surface area (Å²) in [5.41, 5.74) is 11.6. The number of aromatic nitrogens is 2. The zero-order valence-corrected chi connectivity index (χ0v) is 14.4. The zero-order valence-electron chi connectivity index (χ0n) is 13.7. The molecule has 1 aromatic heterocycles. The van der Waals surface area contributed by atoms with Gasteiger partial charge in [0.05, 0.1) is 22.6 Å². The number of amides is 1. The molecule has 0 saturated heterocycles. The van der Waals surface area contributed by atoms with E-state index in [0.717, 1.165) is 17.0 Å². The highest BCUT2D eigenvalue weighted by atomic mass is 35.5. The van der Waals surface area contributed by atoms with Gasteiger partial charge in [0.25, 0.3) is 0 Å². The number of halogens is 4. The van der Waals surface area contributed by atoms with E-state index in [0.29, 0.717) is 22.9 Å². The van der Waals surface area contributed by atoms with Crippen LogP contribution in [0, 0.1) is 0 Å². The van der Waals surface area contributed by atoms with Crippen LogP contribution >= 0.6 is 11.6 Å². The molecule has 3 rings (SSSR count). The van der Waals surface area contributed by atoms with Crippen LogP contribution in [0.2, 0.25) is 5.02 Å². The Labute approximate surface area is 156 Å². The van der Waals surface area contributed by atoms with Gasteiger partial charge in [0.1, 0.15) is 5.82 Å². The summed E-state index contributed by atoms with van der Waals surface area (Å²) in [5.74, 6) is 0.200. The lowest BCUT2D eigenvalue weighted by atomic mass is 10.1. The first-order valence-electron chi connectivity index (χ1n) is 7.59. The molecule has 0 spiro atoms. The summed E-state index contributed by atoms with van der Waals surface area (Å²) in [7, 11) is 0. The fourth-order valence-corrected chi connectivity index (χ4v) is 2.84. The lowest BCUT2D eigenvalue weighted by Crippen LogP contribution is -2.21. The van der Waals surface area contributed by atoms with Crippen LogP contribution in [0.1, 0.15) is 11.1 Å². The lowest BCUT2D eigenvalue weighted by molar-refractivity contribution is -0.137. The first kappa shape index (κ1) is 18.7. The molecule has 27 heavy (non-hydrogen) atoms. The van der Waals surface area contributed by atoms with Crippen molar-refractivity contribution in [3.63, 3.8) is 0 Å². The average Bonchev–Trinajstić information content (AvgIpc) is 2.59. The van der Waals surface area contributed by atoms with Crippen molar-refractivity contribution in [3.05, 3.63) is 52.5 Å². The molecule has 140 valence electrons. The molecule has 0 bridgehead atoms. The molecule has 0 aliphatic heterocycles. The SMILES string of the molecule is Nc1nc(N)c2cc(CN(C=O)c3ccc(Cl)c(C(F)(F)F)c3)ccc2n1. The van der Waals surface area contributed by atoms with E-state index in [1.807, 2.05) is 0 Å². The number of benzene rings is 2. The quantitative estimate of drug-likeness (QED) is 0.657. The third kappa shape index (κ3) is 3.87. The van der Waals surface area contributed by atoms with Crippen molar-refractivity contribution in [2.45, 2.75) is 12.7 Å². The van der Waals surface area contributed by atoms with Gasteiger partial charge in [-0.05, 0) is 35.9 Å². The van der Waals surface area contributed by atoms with Gasteiger partial charge in [-0.3, -0.25) is 4.79 Å². The zero-order chi connectivity index (χ0) is 19.8. The molecular weight excluding hydrogens is 383 g/mol. The second-order valence-electron chi connectivity index (χ2n) is 5.71. The topological polar surface area (TPSA) is 98.1 Å². The molecule has 1 amide bonds. The van der Waals surface area contributed by atoms with Crippen molar-refractivity contribution in [2.75, 3.05) is 16.4 Å². The van der Waals surface area contributed by atoms with Gasteiger partial charge in [-0.2, -0.15) is 18.2 Å². The number of hydrogen-bond donors (Lipinski definition) is 2. The Morgan fingerprint density at radius 3 is 2.52 bits per heavy atom. The molecule has 0 atom stereocenters. The Bertz CT molecular complexity index is 1030. The molecule has 6 nitrogen and oxygen atoms in total. The molecule has 0 aliphatic rings. The molecular formula is C17H13ClF3N5O. The molecule has 0 fully saturated rings. The average molecular weight is 396 g/mol. The van der Waals surface area contributed by atoms with Crippen molar-refractivity contribution < 1.29 is 18.0 Å². The Hall–Kier alpha value is -3.07. The molecule has 2 aromatic carbocycles. The Morgan fingerprint density at radius 1 is 1.11 bits per heavy atom. The number of nitrogens with zero attached hydrogens (tertiary/aromatic N) is 3. The van der Waals surface area contributed by atoms with Crippen LogP contribution in [0.4, 0.5) is 30.6 Å². The van der Waals surface area contributed by atoms with Crippen molar-refractivity contribution >= 4 is 46.4 Å². The number of alkyl halides is 3. The smallest absolute Gasteiger partial charge is 0.383 e. The van der Waals surface area contributed by atoms with Crippen LogP contribution in [0.25, 0.3) is 10.9 Å². The molecule has 0 unspecified atom stereocenters. The van der Waals surface area contributed by atoms with Crippen molar-refractivity contribution in [3.8, 4) is 0 Å². The van der Waals surface area contributed by atoms with Gasteiger partial charge in [0.2, 0.25) is 12.4 Å². The Morgan fingerprint density at radius 2 is 1.85 bits per heavy atom. The fourth-order valence-electron chi connectivity index (χ4n) is 2.61. The minimum Gasteiger partial charge on any atom is -0.383 e. The maximum atomic E-state index is 13.0.